The molecule has 1 heterocycles. The minimum absolute atomic E-state index is 0.304. The molecule has 0 radical (unpaired) electrons. The van der Waals surface area contributed by atoms with Gasteiger partial charge in [0.05, 0.1) is 15.8 Å². The number of nitrogens with two attached hydrogens (primary N) is 1. The van der Waals surface area contributed by atoms with E-state index >= 15 is 0 Å². The van der Waals surface area contributed by atoms with E-state index < -0.39 is 0 Å². The predicted molar refractivity (Wildman–Crippen MR) is 74.6 cm³/mol. The third-order valence-corrected chi connectivity index (χ3v) is 3.99. The molecule has 90 valence electrons. The van der Waals surface area contributed by atoms with Gasteiger partial charge in [0.2, 0.25) is 0 Å². The van der Waals surface area contributed by atoms with Gasteiger partial charge in [0.25, 0.3) is 0 Å². The molecular weight excluding hydrogens is 355 g/mol. The highest BCUT2D eigenvalue weighted by atomic mass is 127. The summed E-state index contributed by atoms with van der Waals surface area (Å²) >= 11 is 7.82. The molecule has 6 heteroatoms. The van der Waals surface area contributed by atoms with Gasteiger partial charge in [-0.2, -0.15) is 5.10 Å². The number of aryl methyl sites for hydroxylation is 1. The first-order valence-corrected chi connectivity index (χ1v) is 6.37. The van der Waals surface area contributed by atoms with E-state index in [9.17, 15) is 4.39 Å². The molecule has 0 unspecified atom stereocenters. The Morgan fingerprint density at radius 3 is 2.76 bits per heavy atom. The van der Waals surface area contributed by atoms with Gasteiger partial charge < -0.3 is 5.73 Å². The standard InChI is InChI=1S/C11H10ClFIN3/c1-6-10(14)11(15)17(16-6)5-7-2-3-8(12)4-9(7)13/h2-4H,5,15H2,1H3. The van der Waals surface area contributed by atoms with Crippen molar-refractivity contribution in [2.24, 2.45) is 0 Å². The molecule has 0 aliphatic rings. The molecule has 17 heavy (non-hydrogen) atoms. The summed E-state index contributed by atoms with van der Waals surface area (Å²) < 4.78 is 16.1. The van der Waals surface area contributed by atoms with Gasteiger partial charge in [-0.3, -0.25) is 0 Å². The summed E-state index contributed by atoms with van der Waals surface area (Å²) in [6, 6.07) is 4.58. The van der Waals surface area contributed by atoms with Gasteiger partial charge in [-0.1, -0.05) is 17.7 Å². The summed E-state index contributed by atoms with van der Waals surface area (Å²) in [7, 11) is 0. The number of nitrogens with zero attached hydrogens (tertiary/aromatic N) is 2. The van der Waals surface area contributed by atoms with E-state index in [1.165, 1.54) is 6.07 Å². The van der Waals surface area contributed by atoms with Gasteiger partial charge in [0, 0.05) is 10.6 Å². The molecule has 2 aromatic rings. The molecule has 0 saturated heterocycles. The van der Waals surface area contributed by atoms with Gasteiger partial charge in [-0.05, 0) is 41.6 Å². The lowest BCUT2D eigenvalue weighted by Gasteiger charge is -2.06. The van der Waals surface area contributed by atoms with E-state index in [1.54, 1.807) is 16.8 Å². The first-order chi connectivity index (χ1) is 7.99. The quantitative estimate of drug-likeness (QED) is 0.831. The van der Waals surface area contributed by atoms with Crippen LogP contribution < -0.4 is 5.73 Å². The van der Waals surface area contributed by atoms with Crippen LogP contribution in [0, 0.1) is 16.3 Å². The van der Waals surface area contributed by atoms with Crippen molar-refractivity contribution in [3.05, 3.63) is 43.9 Å². The molecule has 0 spiro atoms. The van der Waals surface area contributed by atoms with Crippen LogP contribution in [-0.2, 0) is 6.54 Å². The average molecular weight is 366 g/mol. The zero-order valence-corrected chi connectivity index (χ0v) is 12.0. The van der Waals surface area contributed by atoms with Crippen LogP contribution in [0.1, 0.15) is 11.3 Å². The molecule has 2 rings (SSSR count). The van der Waals surface area contributed by atoms with Crippen molar-refractivity contribution in [2.45, 2.75) is 13.5 Å². The van der Waals surface area contributed by atoms with Crippen LogP contribution in [0.2, 0.25) is 5.02 Å². The Morgan fingerprint density at radius 1 is 1.53 bits per heavy atom. The summed E-state index contributed by atoms with van der Waals surface area (Å²) in [5.74, 6) is 0.206. The van der Waals surface area contributed by atoms with Crippen LogP contribution in [0.4, 0.5) is 10.2 Å². The fourth-order valence-corrected chi connectivity index (χ4v) is 2.05. The summed E-state index contributed by atoms with van der Waals surface area (Å²) in [5, 5.41) is 4.63. The van der Waals surface area contributed by atoms with Gasteiger partial charge in [0.1, 0.15) is 11.6 Å². The van der Waals surface area contributed by atoms with Crippen LogP contribution >= 0.6 is 34.2 Å². The normalized spacial score (nSPS) is 10.8. The largest absolute Gasteiger partial charge is 0.383 e. The van der Waals surface area contributed by atoms with Crippen molar-refractivity contribution in [1.82, 2.24) is 9.78 Å². The first kappa shape index (κ1) is 12.6. The number of benzene rings is 1. The number of rotatable bonds is 2. The van der Waals surface area contributed by atoms with E-state index in [0.717, 1.165) is 9.26 Å². The Kier molecular flexibility index (Phi) is 3.58. The molecule has 0 fully saturated rings. The lowest BCUT2D eigenvalue weighted by atomic mass is 10.2. The van der Waals surface area contributed by atoms with Crippen LogP contribution in [0.25, 0.3) is 0 Å². The monoisotopic (exact) mass is 365 g/mol. The molecule has 3 nitrogen and oxygen atoms in total. The molecule has 0 atom stereocenters. The van der Waals surface area contributed by atoms with Crippen LogP contribution in [-0.4, -0.2) is 9.78 Å². The SMILES string of the molecule is Cc1nn(Cc2ccc(Cl)cc2F)c(N)c1I. The summed E-state index contributed by atoms with van der Waals surface area (Å²) in [4.78, 5) is 0. The van der Waals surface area contributed by atoms with Gasteiger partial charge >= 0.3 is 0 Å². The number of halogens is 3. The number of anilines is 1. The molecule has 0 amide bonds. The molecule has 0 aliphatic carbocycles. The molecular formula is C11H10ClFIN3. The van der Waals surface area contributed by atoms with E-state index in [4.69, 9.17) is 17.3 Å². The Morgan fingerprint density at radius 2 is 2.24 bits per heavy atom. The third kappa shape index (κ3) is 2.55. The number of aromatic nitrogens is 2. The van der Waals surface area contributed by atoms with Crippen molar-refractivity contribution in [3.63, 3.8) is 0 Å². The molecule has 0 saturated carbocycles. The zero-order valence-electron chi connectivity index (χ0n) is 9.04. The maximum atomic E-state index is 13.6. The van der Waals surface area contributed by atoms with Crippen LogP contribution in [0.3, 0.4) is 0 Å². The lowest BCUT2D eigenvalue weighted by Crippen LogP contribution is -2.07. The fraction of sp³-hybridized carbons (Fsp3) is 0.182. The Hall–Kier alpha value is -0.820. The topological polar surface area (TPSA) is 43.8 Å². The molecule has 0 aliphatic heterocycles. The highest BCUT2D eigenvalue weighted by Gasteiger charge is 2.11. The molecule has 1 aromatic heterocycles. The Labute approximate surface area is 117 Å². The highest BCUT2D eigenvalue weighted by Crippen LogP contribution is 2.21. The van der Waals surface area contributed by atoms with Crippen molar-refractivity contribution >= 4 is 40.0 Å². The third-order valence-electron chi connectivity index (χ3n) is 2.43. The second-order valence-electron chi connectivity index (χ2n) is 3.68. The summed E-state index contributed by atoms with van der Waals surface area (Å²) in [5.41, 5.74) is 7.23. The predicted octanol–water partition coefficient (Wildman–Crippen LogP) is 3.22. The Balaban J connectivity index is 2.34. The maximum Gasteiger partial charge on any atom is 0.135 e. The zero-order chi connectivity index (χ0) is 12.6. The summed E-state index contributed by atoms with van der Waals surface area (Å²) in [6.45, 7) is 2.17. The minimum Gasteiger partial charge on any atom is -0.383 e. The van der Waals surface area contributed by atoms with Crippen molar-refractivity contribution in [3.8, 4) is 0 Å². The second kappa shape index (κ2) is 4.81. The van der Waals surface area contributed by atoms with Crippen molar-refractivity contribution in [2.75, 3.05) is 5.73 Å². The van der Waals surface area contributed by atoms with Gasteiger partial charge in [-0.25, -0.2) is 9.07 Å². The van der Waals surface area contributed by atoms with E-state index in [0.29, 0.717) is 22.9 Å². The van der Waals surface area contributed by atoms with Crippen LogP contribution in [0.5, 0.6) is 0 Å². The number of hydrogen-bond donors (Lipinski definition) is 1. The van der Waals surface area contributed by atoms with Crippen molar-refractivity contribution < 1.29 is 4.39 Å². The van der Waals surface area contributed by atoms with E-state index in [-0.39, 0.29) is 5.82 Å². The molecule has 0 bridgehead atoms. The van der Waals surface area contributed by atoms with E-state index in [1.807, 2.05) is 6.92 Å². The van der Waals surface area contributed by atoms with Gasteiger partial charge in [-0.15, -0.1) is 0 Å². The molecule has 2 N–H and O–H groups in total. The maximum absolute atomic E-state index is 13.6. The van der Waals surface area contributed by atoms with E-state index in [2.05, 4.69) is 27.7 Å². The van der Waals surface area contributed by atoms with Gasteiger partial charge in [0.15, 0.2) is 0 Å². The number of hydrogen-bond acceptors (Lipinski definition) is 2. The average Bonchev–Trinajstić information content (AvgIpc) is 2.50. The summed E-state index contributed by atoms with van der Waals surface area (Å²) in [6.07, 6.45) is 0. The second-order valence-corrected chi connectivity index (χ2v) is 5.19. The van der Waals surface area contributed by atoms with Crippen LogP contribution in [0.15, 0.2) is 18.2 Å². The highest BCUT2D eigenvalue weighted by molar-refractivity contribution is 14.1. The smallest absolute Gasteiger partial charge is 0.135 e. The van der Waals surface area contributed by atoms with Crippen molar-refractivity contribution in [1.29, 1.82) is 0 Å². The molecule has 1 aromatic carbocycles. The first-order valence-electron chi connectivity index (χ1n) is 4.91. The lowest BCUT2D eigenvalue weighted by molar-refractivity contribution is 0.586. The number of nitrogen functional groups attached to an aromatic ring is 1. The minimum atomic E-state index is -0.347. The Bertz CT molecular complexity index is 568. The fourth-order valence-electron chi connectivity index (χ4n) is 1.51.